The lowest BCUT2D eigenvalue weighted by molar-refractivity contribution is 0.318. The molecule has 0 bridgehead atoms. The zero-order valence-corrected chi connectivity index (χ0v) is 14.5. The van der Waals surface area contributed by atoms with Crippen LogP contribution in [0, 0.1) is 5.82 Å². The number of hydrogen-bond acceptors (Lipinski definition) is 5. The first-order valence-corrected chi connectivity index (χ1v) is 8.43. The maximum Gasteiger partial charge on any atom is 0.136 e. The van der Waals surface area contributed by atoms with E-state index in [-0.39, 0.29) is 11.9 Å². The molecule has 1 heterocycles. The first-order chi connectivity index (χ1) is 12.6. The van der Waals surface area contributed by atoms with Gasteiger partial charge < -0.3 is 15.8 Å². The minimum Gasteiger partial charge on any atom is -0.493 e. The van der Waals surface area contributed by atoms with E-state index in [0.29, 0.717) is 36.2 Å². The lowest BCUT2D eigenvalue weighted by atomic mass is 10.1. The largest absolute Gasteiger partial charge is 0.493 e. The number of hydrogen-bond donors (Lipinski definition) is 2. The summed E-state index contributed by atoms with van der Waals surface area (Å²) in [5.74, 6) is 1.98. The molecule has 3 aromatic rings. The molecule has 6 heteroatoms. The minimum atomic E-state index is -0.292. The first-order valence-electron chi connectivity index (χ1n) is 8.43. The Morgan fingerprint density at radius 2 is 1.81 bits per heavy atom. The molecular weight excluding hydrogens is 331 g/mol. The second kappa shape index (κ2) is 8.29. The van der Waals surface area contributed by atoms with Crippen molar-refractivity contribution in [1.82, 2.24) is 9.97 Å². The number of rotatable bonds is 7. The van der Waals surface area contributed by atoms with Crippen LogP contribution in [0.3, 0.4) is 0 Å². The molecule has 3 rings (SSSR count). The van der Waals surface area contributed by atoms with E-state index in [1.54, 1.807) is 18.2 Å². The average molecular weight is 352 g/mol. The fourth-order valence-corrected chi connectivity index (χ4v) is 2.54. The predicted molar refractivity (Wildman–Crippen MR) is 101 cm³/mol. The van der Waals surface area contributed by atoms with Crippen LogP contribution in [0.5, 0.6) is 5.75 Å². The maximum absolute atomic E-state index is 12.9. The predicted octanol–water partition coefficient (Wildman–Crippen LogP) is 3.99. The van der Waals surface area contributed by atoms with Gasteiger partial charge in [-0.05, 0) is 36.8 Å². The quantitative estimate of drug-likeness (QED) is 0.672. The normalized spacial score (nSPS) is 11.8. The summed E-state index contributed by atoms with van der Waals surface area (Å²) in [6.07, 6.45) is 0.497. The van der Waals surface area contributed by atoms with Crippen molar-refractivity contribution in [2.45, 2.75) is 19.4 Å². The van der Waals surface area contributed by atoms with Gasteiger partial charge in [0.1, 0.15) is 29.0 Å². The molecule has 0 saturated heterocycles. The number of nitrogens with zero attached hydrogens (tertiary/aromatic N) is 2. The lowest BCUT2D eigenvalue weighted by Crippen LogP contribution is -2.12. The average Bonchev–Trinajstić information content (AvgIpc) is 2.64. The topological polar surface area (TPSA) is 73.1 Å². The third-order valence-electron chi connectivity index (χ3n) is 3.86. The number of nitrogens with one attached hydrogen (secondary N) is 1. The molecule has 0 fully saturated rings. The van der Waals surface area contributed by atoms with E-state index >= 15 is 0 Å². The fraction of sp³-hybridized carbons (Fsp3) is 0.200. The number of halogens is 1. The molecule has 26 heavy (non-hydrogen) atoms. The number of nitrogens with two attached hydrogens (primary N) is 1. The van der Waals surface area contributed by atoms with Gasteiger partial charge in [-0.15, -0.1) is 0 Å². The van der Waals surface area contributed by atoms with Gasteiger partial charge in [0.2, 0.25) is 0 Å². The Hall–Kier alpha value is -3.15. The molecule has 0 aliphatic heterocycles. The summed E-state index contributed by atoms with van der Waals surface area (Å²) in [5, 5.41) is 3.34. The van der Waals surface area contributed by atoms with Crippen LogP contribution in [0.15, 0.2) is 60.7 Å². The number of benzene rings is 2. The van der Waals surface area contributed by atoms with Crippen molar-refractivity contribution in [1.29, 1.82) is 0 Å². The maximum atomic E-state index is 12.9. The van der Waals surface area contributed by atoms with Crippen molar-refractivity contribution in [3.63, 3.8) is 0 Å². The van der Waals surface area contributed by atoms with Crippen molar-refractivity contribution in [3.05, 3.63) is 77.9 Å². The highest BCUT2D eigenvalue weighted by molar-refractivity contribution is 5.46. The van der Waals surface area contributed by atoms with Crippen LogP contribution in [-0.2, 0) is 6.42 Å². The summed E-state index contributed by atoms with van der Waals surface area (Å²) >= 11 is 0. The summed E-state index contributed by atoms with van der Waals surface area (Å²) in [5.41, 5.74) is 7.06. The Bertz CT molecular complexity index is 840. The lowest BCUT2D eigenvalue weighted by Gasteiger charge is -2.16. The zero-order valence-electron chi connectivity index (χ0n) is 14.5. The molecule has 5 nitrogen and oxygen atoms in total. The summed E-state index contributed by atoms with van der Waals surface area (Å²) in [4.78, 5) is 8.75. The second-order valence-corrected chi connectivity index (χ2v) is 5.92. The molecule has 0 amide bonds. The summed E-state index contributed by atoms with van der Waals surface area (Å²) in [6, 6.07) is 17.8. The number of aromatic nitrogens is 2. The fourth-order valence-electron chi connectivity index (χ4n) is 2.54. The monoisotopic (exact) mass is 352 g/mol. The highest BCUT2D eigenvalue weighted by Gasteiger charge is 2.08. The Morgan fingerprint density at radius 3 is 2.54 bits per heavy atom. The van der Waals surface area contributed by atoms with Gasteiger partial charge in [-0.1, -0.05) is 30.3 Å². The van der Waals surface area contributed by atoms with E-state index < -0.39 is 0 Å². The van der Waals surface area contributed by atoms with Crippen LogP contribution in [0.1, 0.15) is 24.4 Å². The van der Waals surface area contributed by atoms with E-state index in [1.165, 1.54) is 12.1 Å². The summed E-state index contributed by atoms with van der Waals surface area (Å²) in [6.45, 7) is 2.44. The van der Waals surface area contributed by atoms with E-state index in [9.17, 15) is 4.39 Å². The number of ether oxygens (including phenoxy) is 1. The van der Waals surface area contributed by atoms with Crippen LogP contribution in [0.2, 0.25) is 0 Å². The molecule has 0 saturated carbocycles. The van der Waals surface area contributed by atoms with Crippen molar-refractivity contribution in [2.24, 2.45) is 0 Å². The Morgan fingerprint density at radius 1 is 1.08 bits per heavy atom. The van der Waals surface area contributed by atoms with Gasteiger partial charge in [-0.3, -0.25) is 0 Å². The van der Waals surface area contributed by atoms with Crippen molar-refractivity contribution in [2.75, 3.05) is 17.7 Å². The van der Waals surface area contributed by atoms with Crippen LogP contribution in [0.25, 0.3) is 0 Å². The SMILES string of the molecule is C[C@H](Nc1cc(N)nc(CCOc2ccc(F)cc2)n1)c1ccccc1. The molecule has 0 unspecified atom stereocenters. The van der Waals surface area contributed by atoms with E-state index in [1.807, 2.05) is 18.2 Å². The summed E-state index contributed by atoms with van der Waals surface area (Å²) in [7, 11) is 0. The molecular formula is C20H21FN4O. The van der Waals surface area contributed by atoms with Crippen molar-refractivity contribution >= 4 is 11.6 Å². The second-order valence-electron chi connectivity index (χ2n) is 5.92. The Labute approximate surface area is 152 Å². The molecule has 3 N–H and O–H groups in total. The zero-order chi connectivity index (χ0) is 18.4. The van der Waals surface area contributed by atoms with Gasteiger partial charge in [0.25, 0.3) is 0 Å². The molecule has 2 aromatic carbocycles. The van der Waals surface area contributed by atoms with Crippen molar-refractivity contribution in [3.8, 4) is 5.75 Å². The molecule has 0 aliphatic rings. The molecule has 1 aromatic heterocycles. The van der Waals surface area contributed by atoms with Gasteiger partial charge in [0, 0.05) is 18.5 Å². The Balaban J connectivity index is 1.61. The third-order valence-corrected chi connectivity index (χ3v) is 3.86. The standard InChI is InChI=1S/C20H21FN4O/c1-14(15-5-3-2-4-6-15)23-20-13-18(22)24-19(25-20)11-12-26-17-9-7-16(21)8-10-17/h2-10,13-14H,11-12H2,1H3,(H3,22,23,24,25)/t14-/m0/s1. The van der Waals surface area contributed by atoms with Crippen LogP contribution in [-0.4, -0.2) is 16.6 Å². The highest BCUT2D eigenvalue weighted by atomic mass is 19.1. The van der Waals surface area contributed by atoms with Crippen LogP contribution in [0.4, 0.5) is 16.0 Å². The smallest absolute Gasteiger partial charge is 0.136 e. The molecule has 1 atom stereocenters. The molecule has 0 radical (unpaired) electrons. The van der Waals surface area contributed by atoms with Gasteiger partial charge in [0.05, 0.1) is 6.61 Å². The molecule has 134 valence electrons. The van der Waals surface area contributed by atoms with E-state index in [2.05, 4.69) is 34.3 Å². The van der Waals surface area contributed by atoms with Crippen LogP contribution >= 0.6 is 0 Å². The molecule has 0 spiro atoms. The van der Waals surface area contributed by atoms with Gasteiger partial charge in [-0.2, -0.15) is 0 Å². The van der Waals surface area contributed by atoms with Gasteiger partial charge >= 0.3 is 0 Å². The van der Waals surface area contributed by atoms with Crippen molar-refractivity contribution < 1.29 is 9.13 Å². The number of nitrogen functional groups attached to an aromatic ring is 1. The van der Waals surface area contributed by atoms with E-state index in [4.69, 9.17) is 10.5 Å². The third kappa shape index (κ3) is 4.92. The number of anilines is 2. The minimum absolute atomic E-state index is 0.0915. The van der Waals surface area contributed by atoms with Crippen LogP contribution < -0.4 is 15.8 Å². The highest BCUT2D eigenvalue weighted by Crippen LogP contribution is 2.19. The molecule has 0 aliphatic carbocycles. The van der Waals surface area contributed by atoms with Gasteiger partial charge in [0.15, 0.2) is 0 Å². The first kappa shape index (κ1) is 17.7. The van der Waals surface area contributed by atoms with E-state index in [0.717, 1.165) is 5.56 Å². The van der Waals surface area contributed by atoms with Gasteiger partial charge in [-0.25, -0.2) is 14.4 Å². The summed E-state index contributed by atoms with van der Waals surface area (Å²) < 4.78 is 18.5. The Kier molecular flexibility index (Phi) is 5.63.